The number of rotatable bonds is 6. The summed E-state index contributed by atoms with van der Waals surface area (Å²) in [4.78, 5) is 19.5. The maximum atomic E-state index is 11.5. The van der Waals surface area contributed by atoms with Crippen LogP contribution in [0, 0.1) is 5.41 Å². The highest BCUT2D eigenvalue weighted by atomic mass is 32.1. The van der Waals surface area contributed by atoms with Gasteiger partial charge in [0, 0.05) is 11.1 Å². The summed E-state index contributed by atoms with van der Waals surface area (Å²) in [6.07, 6.45) is 6.66. The number of carboxylic acids is 1. The largest absolute Gasteiger partial charge is 0.481 e. The number of allylic oxidation sites excluding steroid dienone is 1. The van der Waals surface area contributed by atoms with Crippen LogP contribution in [0.25, 0.3) is 0 Å². The highest BCUT2D eigenvalue weighted by molar-refractivity contribution is 7.11. The molecule has 1 aliphatic heterocycles. The van der Waals surface area contributed by atoms with Crippen LogP contribution in [0.5, 0.6) is 0 Å². The van der Waals surface area contributed by atoms with E-state index in [2.05, 4.69) is 23.4 Å². The molecule has 1 aliphatic rings. The molecule has 0 aromatic carbocycles. The fraction of sp³-hybridized carbons (Fsp3) is 0.600. The van der Waals surface area contributed by atoms with Gasteiger partial charge in [-0.15, -0.1) is 17.9 Å². The fourth-order valence-corrected chi connectivity index (χ4v) is 3.60. The van der Waals surface area contributed by atoms with Crippen LogP contribution in [-0.2, 0) is 17.8 Å². The average Bonchev–Trinajstić information content (AvgIpc) is 2.89. The standard InChI is InChI=1S/C15H22N2O2S/c1-3-5-15(14(18)19)6-8-17(9-7-15)11-13-16-10-12(4-2)20-13/h3,10H,1,4-9,11H2,2H3,(H,18,19). The number of nitrogens with zero attached hydrogens (tertiary/aromatic N) is 2. The van der Waals surface area contributed by atoms with Crippen molar-refractivity contribution in [1.82, 2.24) is 9.88 Å². The molecule has 0 spiro atoms. The molecule has 0 bridgehead atoms. The number of hydrogen-bond donors (Lipinski definition) is 1. The summed E-state index contributed by atoms with van der Waals surface area (Å²) in [5.74, 6) is -0.681. The van der Waals surface area contributed by atoms with Gasteiger partial charge in [0.1, 0.15) is 5.01 Å². The zero-order chi connectivity index (χ0) is 14.6. The van der Waals surface area contributed by atoms with Gasteiger partial charge >= 0.3 is 5.97 Å². The number of aryl methyl sites for hydroxylation is 1. The van der Waals surface area contributed by atoms with Crippen molar-refractivity contribution in [1.29, 1.82) is 0 Å². The van der Waals surface area contributed by atoms with Gasteiger partial charge in [0.05, 0.1) is 12.0 Å². The molecule has 5 heteroatoms. The molecule has 0 aliphatic carbocycles. The van der Waals surface area contributed by atoms with E-state index in [9.17, 15) is 9.90 Å². The van der Waals surface area contributed by atoms with E-state index in [1.807, 2.05) is 6.20 Å². The van der Waals surface area contributed by atoms with Crippen LogP contribution in [0.15, 0.2) is 18.9 Å². The minimum atomic E-state index is -0.681. The second kappa shape index (κ2) is 6.50. The molecule has 2 rings (SSSR count). The SMILES string of the molecule is C=CCC1(C(=O)O)CCN(Cc2ncc(CC)s2)CC1. The van der Waals surface area contributed by atoms with Crippen molar-refractivity contribution in [3.05, 3.63) is 28.7 Å². The zero-order valence-corrected chi connectivity index (χ0v) is 12.8. The van der Waals surface area contributed by atoms with Crippen molar-refractivity contribution in [2.24, 2.45) is 5.41 Å². The molecule has 1 fully saturated rings. The molecule has 1 aromatic rings. The first-order chi connectivity index (χ1) is 9.59. The highest BCUT2D eigenvalue weighted by Gasteiger charge is 2.40. The van der Waals surface area contributed by atoms with E-state index in [4.69, 9.17) is 0 Å². The minimum Gasteiger partial charge on any atom is -0.481 e. The number of carboxylic acid groups (broad SMARTS) is 1. The van der Waals surface area contributed by atoms with Crippen LogP contribution in [0.2, 0.25) is 0 Å². The summed E-state index contributed by atoms with van der Waals surface area (Å²) < 4.78 is 0. The normalized spacial score (nSPS) is 18.9. The van der Waals surface area contributed by atoms with E-state index in [1.54, 1.807) is 17.4 Å². The first kappa shape index (κ1) is 15.2. The number of hydrogen-bond acceptors (Lipinski definition) is 4. The summed E-state index contributed by atoms with van der Waals surface area (Å²) in [7, 11) is 0. The van der Waals surface area contributed by atoms with Gasteiger partial charge in [0.25, 0.3) is 0 Å². The van der Waals surface area contributed by atoms with E-state index in [0.29, 0.717) is 19.3 Å². The Bertz CT molecular complexity index is 476. The molecule has 1 saturated heterocycles. The van der Waals surface area contributed by atoms with Crippen molar-refractivity contribution in [3.63, 3.8) is 0 Å². The van der Waals surface area contributed by atoms with Gasteiger partial charge < -0.3 is 5.11 Å². The van der Waals surface area contributed by atoms with Gasteiger partial charge in [-0.3, -0.25) is 9.69 Å². The topological polar surface area (TPSA) is 53.4 Å². The van der Waals surface area contributed by atoms with Crippen LogP contribution in [-0.4, -0.2) is 34.0 Å². The molecule has 4 nitrogen and oxygen atoms in total. The molecular formula is C15H22N2O2S. The number of aliphatic carboxylic acids is 1. The Morgan fingerprint density at radius 3 is 2.80 bits per heavy atom. The van der Waals surface area contributed by atoms with E-state index in [0.717, 1.165) is 31.1 Å². The Labute approximate surface area is 124 Å². The maximum absolute atomic E-state index is 11.5. The molecule has 0 radical (unpaired) electrons. The molecular weight excluding hydrogens is 272 g/mol. The Balaban J connectivity index is 1.93. The van der Waals surface area contributed by atoms with Crippen LogP contribution < -0.4 is 0 Å². The van der Waals surface area contributed by atoms with E-state index in [-0.39, 0.29) is 0 Å². The van der Waals surface area contributed by atoms with Gasteiger partial charge in [0.15, 0.2) is 0 Å². The third-order valence-corrected chi connectivity index (χ3v) is 5.24. The van der Waals surface area contributed by atoms with Crippen molar-refractivity contribution < 1.29 is 9.90 Å². The summed E-state index contributed by atoms with van der Waals surface area (Å²) >= 11 is 1.76. The lowest BCUT2D eigenvalue weighted by Gasteiger charge is -2.38. The fourth-order valence-electron chi connectivity index (χ4n) is 2.70. The molecule has 0 atom stereocenters. The first-order valence-electron chi connectivity index (χ1n) is 7.10. The van der Waals surface area contributed by atoms with E-state index < -0.39 is 11.4 Å². The molecule has 0 amide bonds. The Morgan fingerprint density at radius 2 is 2.30 bits per heavy atom. The average molecular weight is 294 g/mol. The van der Waals surface area contributed by atoms with Gasteiger partial charge in [-0.2, -0.15) is 0 Å². The van der Waals surface area contributed by atoms with Gasteiger partial charge in [-0.25, -0.2) is 4.98 Å². The Kier molecular flexibility index (Phi) is 4.94. The van der Waals surface area contributed by atoms with E-state index >= 15 is 0 Å². The predicted octanol–water partition coefficient (Wildman–Crippen LogP) is 2.95. The smallest absolute Gasteiger partial charge is 0.310 e. The van der Waals surface area contributed by atoms with Gasteiger partial charge in [-0.05, 0) is 38.8 Å². The number of carbonyl (C=O) groups is 1. The molecule has 110 valence electrons. The van der Waals surface area contributed by atoms with Crippen LogP contribution in [0.1, 0.15) is 36.1 Å². The minimum absolute atomic E-state index is 0.563. The molecule has 1 N–H and O–H groups in total. The second-order valence-corrected chi connectivity index (χ2v) is 6.63. The lowest BCUT2D eigenvalue weighted by atomic mass is 9.76. The van der Waals surface area contributed by atoms with E-state index in [1.165, 1.54) is 4.88 Å². The number of thiazole rings is 1. The van der Waals surface area contributed by atoms with Gasteiger partial charge in [-0.1, -0.05) is 13.0 Å². The Hall–Kier alpha value is -1.20. The first-order valence-corrected chi connectivity index (χ1v) is 7.91. The van der Waals surface area contributed by atoms with Crippen LogP contribution >= 0.6 is 11.3 Å². The van der Waals surface area contributed by atoms with Gasteiger partial charge in [0.2, 0.25) is 0 Å². The maximum Gasteiger partial charge on any atom is 0.310 e. The summed E-state index contributed by atoms with van der Waals surface area (Å²) in [5, 5.41) is 10.6. The molecule has 20 heavy (non-hydrogen) atoms. The second-order valence-electron chi connectivity index (χ2n) is 5.43. The predicted molar refractivity (Wildman–Crippen MR) is 80.9 cm³/mol. The summed E-state index contributed by atoms with van der Waals surface area (Å²) in [6, 6.07) is 0. The number of likely N-dealkylation sites (tertiary alicyclic amines) is 1. The lowest BCUT2D eigenvalue weighted by molar-refractivity contribution is -0.152. The molecule has 0 unspecified atom stereocenters. The highest BCUT2D eigenvalue weighted by Crippen LogP contribution is 2.36. The number of piperidine rings is 1. The van der Waals surface area contributed by atoms with Crippen molar-refractivity contribution >= 4 is 17.3 Å². The molecule has 0 saturated carbocycles. The Morgan fingerprint density at radius 1 is 1.60 bits per heavy atom. The van der Waals surface area contributed by atoms with Crippen LogP contribution in [0.3, 0.4) is 0 Å². The third-order valence-electron chi connectivity index (χ3n) is 4.11. The zero-order valence-electron chi connectivity index (χ0n) is 12.0. The molecule has 2 heterocycles. The number of aromatic nitrogens is 1. The third kappa shape index (κ3) is 3.27. The van der Waals surface area contributed by atoms with Crippen LogP contribution in [0.4, 0.5) is 0 Å². The lowest BCUT2D eigenvalue weighted by Crippen LogP contribution is -2.43. The quantitative estimate of drug-likeness (QED) is 0.820. The summed E-state index contributed by atoms with van der Waals surface area (Å²) in [6.45, 7) is 8.31. The van der Waals surface area contributed by atoms with Crippen molar-refractivity contribution in [3.8, 4) is 0 Å². The van der Waals surface area contributed by atoms with Crippen molar-refractivity contribution in [2.75, 3.05) is 13.1 Å². The van der Waals surface area contributed by atoms with Crippen molar-refractivity contribution in [2.45, 2.75) is 39.2 Å². The monoisotopic (exact) mass is 294 g/mol. The summed E-state index contributed by atoms with van der Waals surface area (Å²) in [5.41, 5.74) is -0.601. The molecule has 1 aromatic heterocycles.